The molecule has 0 rings (SSSR count). The zero-order valence-corrected chi connectivity index (χ0v) is 9.24. The largest absolute Gasteiger partial charge is 0.469 e. The van der Waals surface area contributed by atoms with Gasteiger partial charge < -0.3 is 9.47 Å². The molecule has 0 saturated heterocycles. The molecule has 86 valence electrons. The Morgan fingerprint density at radius 1 is 1.20 bits per heavy atom. The Morgan fingerprint density at radius 2 is 1.80 bits per heavy atom. The summed E-state index contributed by atoms with van der Waals surface area (Å²) in [5.74, 6) is -1.04. The summed E-state index contributed by atoms with van der Waals surface area (Å²) in [6.07, 6.45) is 0.294. The third-order valence-corrected chi connectivity index (χ3v) is 1.84. The average Bonchev–Trinajstić information content (AvgIpc) is 2.15. The summed E-state index contributed by atoms with van der Waals surface area (Å²) in [6.45, 7) is 2.60. The molecule has 0 aromatic carbocycles. The van der Waals surface area contributed by atoms with E-state index < -0.39 is 12.1 Å². The highest BCUT2D eigenvalue weighted by atomic mass is 16.5. The first kappa shape index (κ1) is 13.6. The third kappa shape index (κ3) is 6.65. The van der Waals surface area contributed by atoms with Gasteiger partial charge in [-0.15, -0.1) is 0 Å². The average molecular weight is 216 g/mol. The molecule has 0 aliphatic carbocycles. The summed E-state index contributed by atoms with van der Waals surface area (Å²) in [4.78, 5) is 32.4. The summed E-state index contributed by atoms with van der Waals surface area (Å²) in [5.41, 5.74) is 0. The maximum Gasteiger partial charge on any atom is 0.305 e. The van der Waals surface area contributed by atoms with Crippen LogP contribution < -0.4 is 0 Å². The number of hydrogen-bond acceptors (Lipinski definition) is 5. The Morgan fingerprint density at radius 3 is 2.20 bits per heavy atom. The number of methoxy groups -OCH3 is 1. The molecule has 0 aliphatic heterocycles. The topological polar surface area (TPSA) is 69.7 Å². The van der Waals surface area contributed by atoms with Crippen molar-refractivity contribution in [3.8, 4) is 0 Å². The van der Waals surface area contributed by atoms with E-state index in [4.69, 9.17) is 4.74 Å². The fraction of sp³-hybridized carbons (Fsp3) is 0.700. The van der Waals surface area contributed by atoms with Crippen LogP contribution in [0.2, 0.25) is 0 Å². The first-order valence-electron chi connectivity index (χ1n) is 4.72. The van der Waals surface area contributed by atoms with Crippen LogP contribution in [0.5, 0.6) is 0 Å². The molecule has 0 amide bonds. The lowest BCUT2D eigenvalue weighted by molar-refractivity contribution is -0.152. The van der Waals surface area contributed by atoms with E-state index in [0.29, 0.717) is 12.8 Å². The van der Waals surface area contributed by atoms with Crippen molar-refractivity contribution in [1.82, 2.24) is 0 Å². The third-order valence-electron chi connectivity index (χ3n) is 1.84. The van der Waals surface area contributed by atoms with E-state index in [-0.39, 0.29) is 18.2 Å². The van der Waals surface area contributed by atoms with Gasteiger partial charge in [-0.1, -0.05) is 0 Å². The van der Waals surface area contributed by atoms with Crippen LogP contribution in [0.3, 0.4) is 0 Å². The minimum absolute atomic E-state index is 0.213. The van der Waals surface area contributed by atoms with Crippen LogP contribution in [0.1, 0.15) is 33.1 Å². The van der Waals surface area contributed by atoms with Crippen LogP contribution in [0.15, 0.2) is 0 Å². The number of esters is 2. The van der Waals surface area contributed by atoms with Gasteiger partial charge in [-0.05, 0) is 19.8 Å². The van der Waals surface area contributed by atoms with Crippen molar-refractivity contribution in [3.63, 3.8) is 0 Å². The van der Waals surface area contributed by atoms with Crippen molar-refractivity contribution < 1.29 is 23.9 Å². The molecule has 15 heavy (non-hydrogen) atoms. The molecular weight excluding hydrogens is 200 g/mol. The number of Topliss-reactive ketones (excluding diaryl/α,β-unsaturated/α-hetero) is 1. The molecule has 1 unspecified atom stereocenters. The monoisotopic (exact) mass is 216 g/mol. The number of carbonyl (C=O) groups excluding carboxylic acids is 3. The van der Waals surface area contributed by atoms with E-state index in [1.54, 1.807) is 0 Å². The van der Waals surface area contributed by atoms with Crippen LogP contribution in [0.25, 0.3) is 0 Å². The molecule has 5 nitrogen and oxygen atoms in total. The molecule has 0 fully saturated rings. The molecule has 0 aliphatic rings. The van der Waals surface area contributed by atoms with Crippen molar-refractivity contribution in [2.45, 2.75) is 39.2 Å². The van der Waals surface area contributed by atoms with Crippen molar-refractivity contribution in [3.05, 3.63) is 0 Å². The second-order valence-corrected chi connectivity index (χ2v) is 3.18. The molecule has 5 heteroatoms. The van der Waals surface area contributed by atoms with E-state index in [1.807, 2.05) is 0 Å². The highest BCUT2D eigenvalue weighted by Gasteiger charge is 2.17. The van der Waals surface area contributed by atoms with Crippen molar-refractivity contribution >= 4 is 17.7 Å². The maximum atomic E-state index is 11.0. The van der Waals surface area contributed by atoms with Crippen LogP contribution in [0, 0.1) is 0 Å². The van der Waals surface area contributed by atoms with Crippen molar-refractivity contribution in [2.24, 2.45) is 0 Å². The van der Waals surface area contributed by atoms with E-state index in [9.17, 15) is 14.4 Å². The van der Waals surface area contributed by atoms with Crippen LogP contribution in [-0.2, 0) is 23.9 Å². The maximum absolute atomic E-state index is 11.0. The SMILES string of the molecule is COC(=O)CCCC(OC(C)=O)C(C)=O. The number of rotatable bonds is 6. The Balaban J connectivity index is 3.91. The van der Waals surface area contributed by atoms with Crippen LogP contribution in [-0.4, -0.2) is 30.9 Å². The lowest BCUT2D eigenvalue weighted by atomic mass is 10.1. The van der Waals surface area contributed by atoms with E-state index in [1.165, 1.54) is 21.0 Å². The molecule has 0 saturated carbocycles. The van der Waals surface area contributed by atoms with Gasteiger partial charge in [0.05, 0.1) is 7.11 Å². The van der Waals surface area contributed by atoms with Gasteiger partial charge in [0, 0.05) is 13.3 Å². The Kier molecular flexibility index (Phi) is 6.33. The van der Waals surface area contributed by atoms with Gasteiger partial charge >= 0.3 is 11.9 Å². The van der Waals surface area contributed by atoms with E-state index in [0.717, 1.165) is 0 Å². The van der Waals surface area contributed by atoms with E-state index in [2.05, 4.69) is 4.74 Å². The molecular formula is C10H16O5. The minimum atomic E-state index is -0.743. The quantitative estimate of drug-likeness (QED) is 0.615. The first-order chi connectivity index (χ1) is 6.97. The number of carbonyl (C=O) groups is 3. The lowest BCUT2D eigenvalue weighted by Crippen LogP contribution is -2.24. The molecule has 0 heterocycles. The molecule has 1 atom stereocenters. The van der Waals surface area contributed by atoms with Gasteiger partial charge in [0.25, 0.3) is 0 Å². The Bertz CT molecular complexity index is 246. The second kappa shape index (κ2) is 6.98. The zero-order chi connectivity index (χ0) is 11.8. The molecule has 0 aromatic rings. The highest BCUT2D eigenvalue weighted by Crippen LogP contribution is 2.07. The summed E-state index contributed by atoms with van der Waals surface area (Å²) < 4.78 is 9.23. The molecule has 0 bridgehead atoms. The van der Waals surface area contributed by atoms with E-state index >= 15 is 0 Å². The number of hydrogen-bond donors (Lipinski definition) is 0. The van der Waals surface area contributed by atoms with Gasteiger partial charge in [0.2, 0.25) is 0 Å². The van der Waals surface area contributed by atoms with Crippen molar-refractivity contribution in [2.75, 3.05) is 7.11 Å². The zero-order valence-electron chi connectivity index (χ0n) is 9.24. The van der Waals surface area contributed by atoms with Gasteiger partial charge in [0.15, 0.2) is 11.9 Å². The molecule has 0 spiro atoms. The second-order valence-electron chi connectivity index (χ2n) is 3.18. The predicted octanol–water partition coefficient (Wildman–Crippen LogP) is 0.850. The van der Waals surface area contributed by atoms with Gasteiger partial charge in [-0.25, -0.2) is 0 Å². The van der Waals surface area contributed by atoms with Crippen molar-refractivity contribution in [1.29, 1.82) is 0 Å². The smallest absolute Gasteiger partial charge is 0.305 e. The Hall–Kier alpha value is -1.39. The fourth-order valence-electron chi connectivity index (χ4n) is 1.08. The molecule has 0 radical (unpaired) electrons. The first-order valence-corrected chi connectivity index (χ1v) is 4.72. The number of ether oxygens (including phenoxy) is 2. The standard InChI is InChI=1S/C10H16O5/c1-7(11)9(15-8(2)12)5-4-6-10(13)14-3/h9H,4-6H2,1-3H3. The Labute approximate surface area is 88.7 Å². The van der Waals surface area contributed by atoms with Gasteiger partial charge in [-0.3, -0.25) is 14.4 Å². The van der Waals surface area contributed by atoms with Gasteiger partial charge in [-0.2, -0.15) is 0 Å². The fourth-order valence-corrected chi connectivity index (χ4v) is 1.08. The summed E-state index contributed by atoms with van der Waals surface area (Å²) in [7, 11) is 1.30. The number of ketones is 1. The lowest BCUT2D eigenvalue weighted by Gasteiger charge is -2.12. The highest BCUT2D eigenvalue weighted by molar-refractivity contribution is 5.83. The van der Waals surface area contributed by atoms with Crippen LogP contribution in [0.4, 0.5) is 0 Å². The van der Waals surface area contributed by atoms with Crippen LogP contribution >= 0.6 is 0 Å². The van der Waals surface area contributed by atoms with Gasteiger partial charge in [0.1, 0.15) is 0 Å². The molecule has 0 aromatic heterocycles. The predicted molar refractivity (Wildman–Crippen MR) is 52.1 cm³/mol. The normalized spacial score (nSPS) is 11.7. The minimum Gasteiger partial charge on any atom is -0.469 e. The summed E-state index contributed by atoms with van der Waals surface area (Å²) >= 11 is 0. The molecule has 0 N–H and O–H groups in total. The summed E-state index contributed by atoms with van der Waals surface area (Å²) in [5, 5.41) is 0. The summed E-state index contributed by atoms with van der Waals surface area (Å²) in [6, 6.07) is 0.